The number of hydrogen-bond acceptors (Lipinski definition) is 4. The first-order chi connectivity index (χ1) is 11.7. The van der Waals surface area contributed by atoms with Gasteiger partial charge in [-0.05, 0) is 30.4 Å². The summed E-state index contributed by atoms with van der Waals surface area (Å²) in [7, 11) is 0. The molecule has 6 nitrogen and oxygen atoms in total. The van der Waals surface area contributed by atoms with Crippen LogP contribution in [0, 0.1) is 0 Å². The van der Waals surface area contributed by atoms with Gasteiger partial charge in [-0.1, -0.05) is 24.3 Å². The van der Waals surface area contributed by atoms with E-state index in [2.05, 4.69) is 22.1 Å². The van der Waals surface area contributed by atoms with Crippen molar-refractivity contribution in [2.75, 3.05) is 0 Å². The number of rotatable bonds is 5. The van der Waals surface area contributed by atoms with Crippen LogP contribution in [-0.4, -0.2) is 14.8 Å². The van der Waals surface area contributed by atoms with Gasteiger partial charge in [0.25, 0.3) is 0 Å². The molecule has 0 aliphatic rings. The first-order valence-electron chi connectivity index (χ1n) is 7.33. The normalized spacial score (nSPS) is 11.2. The topological polar surface area (TPSA) is 75.0 Å². The third kappa shape index (κ3) is 3.21. The molecule has 2 aromatic heterocycles. The van der Waals surface area contributed by atoms with Gasteiger partial charge in [-0.3, -0.25) is 0 Å². The standard InChI is InChI=1S/C17H16N4O2S/c1-2-9-21-14-8-4-3-7-13(14)15(16(21)22)19-20-17(24)18-11-12-6-5-10-23-12/h2-8,10,22H,1,9,11H2,(H,18,24). The molecule has 122 valence electrons. The molecule has 0 fully saturated rings. The van der Waals surface area contributed by atoms with E-state index in [9.17, 15) is 5.11 Å². The van der Waals surface area contributed by atoms with Crippen LogP contribution in [0.15, 0.2) is 70.0 Å². The molecule has 0 spiro atoms. The van der Waals surface area contributed by atoms with Gasteiger partial charge in [0.05, 0.1) is 18.3 Å². The molecule has 0 saturated carbocycles. The minimum Gasteiger partial charge on any atom is -0.493 e. The number of benzene rings is 1. The number of nitrogens with one attached hydrogen (secondary N) is 1. The zero-order chi connectivity index (χ0) is 16.9. The van der Waals surface area contributed by atoms with Gasteiger partial charge in [-0.25, -0.2) is 0 Å². The fourth-order valence-corrected chi connectivity index (χ4v) is 2.50. The number of hydrogen-bond donors (Lipinski definition) is 2. The van der Waals surface area contributed by atoms with Crippen molar-refractivity contribution in [2.45, 2.75) is 13.1 Å². The average molecular weight is 340 g/mol. The molecule has 0 atom stereocenters. The highest BCUT2D eigenvalue weighted by Gasteiger charge is 2.15. The van der Waals surface area contributed by atoms with Crippen LogP contribution >= 0.6 is 12.2 Å². The number of aromatic nitrogens is 1. The molecule has 0 aliphatic carbocycles. The van der Waals surface area contributed by atoms with Crippen LogP contribution in [-0.2, 0) is 13.1 Å². The second kappa shape index (κ2) is 7.10. The number of thiocarbonyl (C=S) groups is 1. The van der Waals surface area contributed by atoms with E-state index in [0.29, 0.717) is 18.8 Å². The second-order valence-electron chi connectivity index (χ2n) is 5.03. The van der Waals surface area contributed by atoms with Gasteiger partial charge in [-0.2, -0.15) is 0 Å². The maximum atomic E-state index is 10.4. The summed E-state index contributed by atoms with van der Waals surface area (Å²) in [5, 5.41) is 22.5. The molecule has 2 heterocycles. The Morgan fingerprint density at radius 1 is 1.33 bits per heavy atom. The average Bonchev–Trinajstić information content (AvgIpc) is 3.20. The van der Waals surface area contributed by atoms with Crippen LogP contribution < -0.4 is 5.32 Å². The Labute approximate surface area is 144 Å². The summed E-state index contributed by atoms with van der Waals surface area (Å²) < 4.78 is 6.92. The summed E-state index contributed by atoms with van der Waals surface area (Å²) in [4.78, 5) is 0. The Hall–Kier alpha value is -2.93. The maximum Gasteiger partial charge on any atom is 0.221 e. The Morgan fingerprint density at radius 3 is 2.92 bits per heavy atom. The summed E-state index contributed by atoms with van der Waals surface area (Å²) in [6.07, 6.45) is 3.30. The van der Waals surface area contributed by atoms with E-state index >= 15 is 0 Å². The van der Waals surface area contributed by atoms with Crippen LogP contribution in [0.5, 0.6) is 5.88 Å². The number of azo groups is 1. The van der Waals surface area contributed by atoms with Crippen molar-refractivity contribution in [2.24, 2.45) is 10.2 Å². The molecule has 3 aromatic rings. The van der Waals surface area contributed by atoms with Crippen LogP contribution in [0.1, 0.15) is 5.76 Å². The SMILES string of the molecule is C=CCn1c(O)c(N=NC(=S)NCc2ccco2)c2ccccc21. The van der Waals surface area contributed by atoms with Gasteiger partial charge in [0.1, 0.15) is 5.76 Å². The van der Waals surface area contributed by atoms with Crippen LogP contribution in [0.2, 0.25) is 0 Å². The van der Waals surface area contributed by atoms with Crippen molar-refractivity contribution >= 4 is 33.9 Å². The Balaban J connectivity index is 1.82. The number of furan rings is 1. The summed E-state index contributed by atoms with van der Waals surface area (Å²) in [6.45, 7) is 4.61. The first-order valence-corrected chi connectivity index (χ1v) is 7.74. The number of allylic oxidation sites excluding steroid dienone is 1. The number of para-hydroxylation sites is 1. The number of nitrogens with zero attached hydrogens (tertiary/aromatic N) is 3. The van der Waals surface area contributed by atoms with Crippen LogP contribution in [0.25, 0.3) is 10.9 Å². The van der Waals surface area contributed by atoms with Gasteiger partial charge in [0, 0.05) is 11.9 Å². The smallest absolute Gasteiger partial charge is 0.221 e. The summed E-state index contributed by atoms with van der Waals surface area (Å²) >= 11 is 5.13. The lowest BCUT2D eigenvalue weighted by molar-refractivity contribution is 0.431. The van der Waals surface area contributed by atoms with Crippen molar-refractivity contribution in [1.82, 2.24) is 9.88 Å². The highest BCUT2D eigenvalue weighted by molar-refractivity contribution is 7.80. The zero-order valence-electron chi connectivity index (χ0n) is 12.8. The third-order valence-electron chi connectivity index (χ3n) is 3.46. The third-order valence-corrected chi connectivity index (χ3v) is 3.69. The van der Waals surface area contributed by atoms with Crippen molar-refractivity contribution in [3.63, 3.8) is 0 Å². The van der Waals surface area contributed by atoms with Crippen molar-refractivity contribution in [1.29, 1.82) is 0 Å². The van der Waals surface area contributed by atoms with E-state index in [0.717, 1.165) is 16.7 Å². The number of aromatic hydroxyl groups is 1. The predicted octanol–water partition coefficient (Wildman–Crippen LogP) is 4.28. The molecule has 1 aromatic carbocycles. The molecule has 0 amide bonds. The molecule has 7 heteroatoms. The highest BCUT2D eigenvalue weighted by atomic mass is 32.1. The summed E-state index contributed by atoms with van der Waals surface area (Å²) in [5.41, 5.74) is 1.24. The van der Waals surface area contributed by atoms with E-state index in [1.807, 2.05) is 30.3 Å². The van der Waals surface area contributed by atoms with Crippen molar-refractivity contribution < 1.29 is 9.52 Å². The predicted molar refractivity (Wildman–Crippen MR) is 96.5 cm³/mol. The molecular weight excluding hydrogens is 324 g/mol. The quantitative estimate of drug-likeness (QED) is 0.413. The Bertz CT molecular complexity index is 897. The fourth-order valence-electron chi connectivity index (χ4n) is 2.39. The van der Waals surface area contributed by atoms with Crippen molar-refractivity contribution in [3.05, 3.63) is 61.1 Å². The van der Waals surface area contributed by atoms with Gasteiger partial charge < -0.3 is 19.4 Å². The van der Waals surface area contributed by atoms with Crippen LogP contribution in [0.3, 0.4) is 0 Å². The second-order valence-corrected chi connectivity index (χ2v) is 5.41. The molecule has 3 rings (SSSR count). The largest absolute Gasteiger partial charge is 0.493 e. The van der Waals surface area contributed by atoms with E-state index in [1.165, 1.54) is 0 Å². The first kappa shape index (κ1) is 15.9. The summed E-state index contributed by atoms with van der Waals surface area (Å²) in [5.74, 6) is 0.784. The highest BCUT2D eigenvalue weighted by Crippen LogP contribution is 2.38. The van der Waals surface area contributed by atoms with Gasteiger partial charge in [0.15, 0.2) is 5.69 Å². The Morgan fingerprint density at radius 2 is 2.17 bits per heavy atom. The minimum atomic E-state index is 0.0358. The van der Waals surface area contributed by atoms with E-state index in [-0.39, 0.29) is 11.0 Å². The maximum absolute atomic E-state index is 10.4. The molecule has 0 aliphatic heterocycles. The van der Waals surface area contributed by atoms with Gasteiger partial charge in [0.2, 0.25) is 11.0 Å². The molecule has 0 unspecified atom stereocenters. The molecule has 0 radical (unpaired) electrons. The molecular formula is C17H16N4O2S. The molecule has 0 saturated heterocycles. The van der Waals surface area contributed by atoms with Crippen molar-refractivity contribution in [3.8, 4) is 5.88 Å². The van der Waals surface area contributed by atoms with E-state index in [4.69, 9.17) is 16.6 Å². The minimum absolute atomic E-state index is 0.0358. The Kier molecular flexibility index (Phi) is 4.72. The fraction of sp³-hybridized carbons (Fsp3) is 0.118. The van der Waals surface area contributed by atoms with E-state index in [1.54, 1.807) is 23.0 Å². The molecule has 0 bridgehead atoms. The lowest BCUT2D eigenvalue weighted by Gasteiger charge is -2.02. The molecule has 2 N–H and O–H groups in total. The van der Waals surface area contributed by atoms with Gasteiger partial charge >= 0.3 is 0 Å². The monoisotopic (exact) mass is 340 g/mol. The van der Waals surface area contributed by atoms with Gasteiger partial charge in [-0.15, -0.1) is 16.8 Å². The van der Waals surface area contributed by atoms with Crippen LogP contribution in [0.4, 0.5) is 5.69 Å². The molecule has 24 heavy (non-hydrogen) atoms. The number of fused-ring (bicyclic) bond motifs is 1. The van der Waals surface area contributed by atoms with E-state index < -0.39 is 0 Å². The summed E-state index contributed by atoms with van der Waals surface area (Å²) in [6, 6.07) is 11.2. The lowest BCUT2D eigenvalue weighted by Crippen LogP contribution is -2.17. The zero-order valence-corrected chi connectivity index (χ0v) is 13.7. The lowest BCUT2D eigenvalue weighted by atomic mass is 10.2.